The van der Waals surface area contributed by atoms with E-state index in [0.717, 1.165) is 209 Å². The topological polar surface area (TPSA) is 301 Å². The lowest BCUT2D eigenvalue weighted by Crippen LogP contribution is -2.37. The summed E-state index contributed by atoms with van der Waals surface area (Å²) in [4.78, 5) is 86.3. The number of aromatic nitrogens is 13. The number of nitriles is 1. The molecule has 24 rings (SSSR count). The highest BCUT2D eigenvalue weighted by Gasteiger charge is 2.41. The summed E-state index contributed by atoms with van der Waals surface area (Å²) in [6.45, 7) is 23.3. The van der Waals surface area contributed by atoms with E-state index in [4.69, 9.17) is 44.1 Å². The lowest BCUT2D eigenvalue weighted by atomic mass is 9.93. The molecule has 20 heterocycles. The zero-order chi connectivity index (χ0) is 93.3. The van der Waals surface area contributed by atoms with Gasteiger partial charge < -0.3 is 67.5 Å². The van der Waals surface area contributed by atoms with Crippen LogP contribution >= 0.6 is 0 Å². The van der Waals surface area contributed by atoms with Crippen LogP contribution in [0.3, 0.4) is 0 Å². The minimum Gasteiger partial charge on any atom is -0.481 e. The SMILES string of the molecule is CC(=O)N1CCc2c(c(N3CCCc4cc(-c5ccc(=O)n(C)c5)ccc43)nn2C2COC2)C1.CC(=O)N1CCc2c(c(N3CCCc4cc(-c5cccnc5C)ccc43)nn2C2COC2)C1.CC(=O)N1CCc2c(c(N3CCCc4cc(-c5cnn(C)c5)c(C#N)cc43)nn2[C@H]2CCOC2)C1.COc1cc(-c2ccc3c(c2)CCCN3c2nn(C3COC3)c3c2CN(C(C)=O)CC3)ccn1. The minimum atomic E-state index is -0.00953. The molecule has 4 amide bonds. The molecule has 12 aromatic rings. The molecule has 0 spiro atoms. The maximum absolute atomic E-state index is 12.2. The van der Waals surface area contributed by atoms with Crippen molar-refractivity contribution in [3.63, 3.8) is 0 Å². The Bertz CT molecular complexity index is 6750. The van der Waals surface area contributed by atoms with Gasteiger partial charge in [0, 0.05) is 254 Å². The van der Waals surface area contributed by atoms with Crippen LogP contribution in [0.2, 0.25) is 0 Å². The van der Waals surface area contributed by atoms with Crippen LogP contribution in [-0.2, 0) is 130 Å². The van der Waals surface area contributed by atoms with E-state index in [1.807, 2.05) is 75.6 Å². The zero-order valence-corrected chi connectivity index (χ0v) is 78.8. The molecule has 32 nitrogen and oxygen atoms in total. The van der Waals surface area contributed by atoms with Gasteiger partial charge in [-0.15, -0.1) is 0 Å². The van der Waals surface area contributed by atoms with Gasteiger partial charge in [-0.1, -0.05) is 24.3 Å². The Balaban J connectivity index is 0.000000108. The van der Waals surface area contributed by atoms with Crippen LogP contribution in [0, 0.1) is 18.3 Å². The second kappa shape index (κ2) is 37.6. The van der Waals surface area contributed by atoms with Gasteiger partial charge in [0.05, 0.1) is 122 Å². The Hall–Kier alpha value is -13.6. The smallest absolute Gasteiger partial charge is 0.250 e. The van der Waals surface area contributed by atoms with Crippen LogP contribution in [0.1, 0.15) is 163 Å². The molecular weight excluding hydrogens is 1720 g/mol. The first-order chi connectivity index (χ1) is 66.2. The Morgan fingerprint density at radius 2 is 0.831 bits per heavy atom. The van der Waals surface area contributed by atoms with Crippen molar-refractivity contribution in [2.24, 2.45) is 14.1 Å². The van der Waals surface area contributed by atoms with Gasteiger partial charge in [0.1, 0.15) is 0 Å². The number of nitrogens with zero attached hydrogens (tertiary/aromatic N) is 22. The van der Waals surface area contributed by atoms with Crippen molar-refractivity contribution in [3.05, 3.63) is 223 Å². The summed E-state index contributed by atoms with van der Waals surface area (Å²) in [5.41, 5.74) is 29.8. The number of aryl methyl sites for hydroxylation is 7. The third-order valence-electron chi connectivity index (χ3n) is 29.3. The van der Waals surface area contributed by atoms with Gasteiger partial charge in [-0.25, -0.2) is 4.98 Å². The van der Waals surface area contributed by atoms with Crippen LogP contribution < -0.4 is 29.9 Å². The van der Waals surface area contributed by atoms with Crippen molar-refractivity contribution in [2.75, 3.05) is 132 Å². The summed E-state index contributed by atoms with van der Waals surface area (Å²) in [5.74, 6) is 4.95. The van der Waals surface area contributed by atoms with Crippen LogP contribution in [0.15, 0.2) is 139 Å². The molecule has 12 aliphatic heterocycles. The molecule has 12 aliphatic rings. The Kier molecular flexibility index (Phi) is 24.6. The van der Waals surface area contributed by atoms with Crippen molar-refractivity contribution >= 4 is 69.6 Å². The number of ether oxygens (including phenoxy) is 5. The molecule has 0 N–H and O–H groups in total. The van der Waals surface area contributed by atoms with Gasteiger partial charge in [-0.2, -0.15) is 30.8 Å². The number of benzene rings is 4. The molecule has 136 heavy (non-hydrogen) atoms. The quantitative estimate of drug-likeness (QED) is 0.104. The lowest BCUT2D eigenvalue weighted by Gasteiger charge is -2.33. The largest absolute Gasteiger partial charge is 0.481 e. The molecule has 4 fully saturated rings. The van der Waals surface area contributed by atoms with E-state index < -0.39 is 0 Å². The number of hydrogen-bond acceptors (Lipinski definition) is 22. The van der Waals surface area contributed by atoms with Crippen LogP contribution in [-0.4, -0.2) is 219 Å². The van der Waals surface area contributed by atoms with Gasteiger partial charge in [0.2, 0.25) is 35.1 Å². The van der Waals surface area contributed by atoms with Gasteiger partial charge >= 0.3 is 0 Å². The summed E-state index contributed by atoms with van der Waals surface area (Å²) >= 11 is 0. The van der Waals surface area contributed by atoms with Gasteiger partial charge in [0.15, 0.2) is 23.3 Å². The number of fused-ring (bicyclic) bond motifs is 8. The summed E-state index contributed by atoms with van der Waals surface area (Å²) in [6, 6.07) is 39.2. The number of rotatable bonds is 13. The number of carbonyl (C=O) groups excluding carboxylic acids is 4. The molecule has 1 atom stereocenters. The summed E-state index contributed by atoms with van der Waals surface area (Å²) < 4.78 is 39.5. The van der Waals surface area contributed by atoms with Gasteiger partial charge in [0.25, 0.3) is 0 Å². The first-order valence-corrected chi connectivity index (χ1v) is 48.1. The summed E-state index contributed by atoms with van der Waals surface area (Å²) in [5, 5.41) is 34.9. The van der Waals surface area contributed by atoms with Gasteiger partial charge in [-0.05, 0) is 182 Å². The van der Waals surface area contributed by atoms with E-state index in [1.165, 1.54) is 89.9 Å². The molecule has 0 aliphatic carbocycles. The monoisotopic (exact) mass is 1830 g/mol. The van der Waals surface area contributed by atoms with Gasteiger partial charge in [-0.3, -0.25) is 52.4 Å². The van der Waals surface area contributed by atoms with E-state index in [9.17, 15) is 29.2 Å². The highest BCUT2D eigenvalue weighted by atomic mass is 16.5. The standard InChI is InChI=1S/C26H29N7O2.2C26H29N5O3.C26H29N5O2/c1-17(34)31-8-5-24-23(15-31)26(29-33(24)21-6-9-35-16-21)32-7-3-4-18-10-22(19(12-27)11-25(18)32)20-13-28-30(2)14-20;1-17(32)29-11-9-24-22(14-29)26(27-31(24)21-15-34-16-21)30-10-3-4-19-12-18(5-7-23(19)30)20-6-8-25(33)28(2)13-20;1-17(32)29-11-8-24-22(14-29)26(28-31(24)21-15-34-16-21)30-10-3-4-20-12-18(5-6-23(20)30)19-7-9-27-25(13-19)33-2;1-17-22(6-3-10-27-17)19-7-8-24-20(13-19)5-4-11-30(24)26-23-14-29(18(2)32)12-9-25(23)31(28-26)21-15-33-16-21/h10-11,13-14,21H,3-9,15-16H2,1-2H3;5-8,12-13,21H,3-4,9-11,14-16H2,1-2H3;5-7,9,12-13,21H,3-4,8,10-11,14-16H2,1-2H3;3,6-8,10,13,21H,4-5,9,11-12,14-16H2,1-2H3/t21-;;;/m0.../s1. The predicted molar refractivity (Wildman–Crippen MR) is 515 cm³/mol. The number of anilines is 8. The average molecular weight is 1830 g/mol. The molecule has 4 saturated heterocycles. The normalized spacial score (nSPS) is 18.2. The first kappa shape index (κ1) is 89.0. The van der Waals surface area contributed by atoms with Crippen molar-refractivity contribution < 1.29 is 42.9 Å². The highest BCUT2D eigenvalue weighted by molar-refractivity contribution is 5.83. The first-order valence-electron chi connectivity index (χ1n) is 48.1. The van der Waals surface area contributed by atoms with Crippen LogP contribution in [0.25, 0.3) is 44.5 Å². The predicted octanol–water partition coefficient (Wildman–Crippen LogP) is 13.2. The van der Waals surface area contributed by atoms with E-state index >= 15 is 0 Å². The number of carbonyl (C=O) groups is 4. The van der Waals surface area contributed by atoms with Crippen molar-refractivity contribution in [3.8, 4) is 56.5 Å². The van der Waals surface area contributed by atoms with Crippen LogP contribution in [0.5, 0.6) is 5.88 Å². The van der Waals surface area contributed by atoms with Crippen LogP contribution in [0.4, 0.5) is 46.0 Å². The Labute approximate surface area is 790 Å². The number of hydrogen-bond donors (Lipinski definition) is 0. The Morgan fingerprint density at radius 3 is 1.23 bits per heavy atom. The maximum atomic E-state index is 12.2. The molecule has 0 radical (unpaired) electrons. The summed E-state index contributed by atoms with van der Waals surface area (Å²) in [6.07, 6.45) is 21.7. The van der Waals surface area contributed by atoms with E-state index in [1.54, 1.807) is 69.6 Å². The molecule has 0 unspecified atom stereocenters. The van der Waals surface area contributed by atoms with Crippen molar-refractivity contribution in [2.45, 2.75) is 168 Å². The average Bonchev–Trinajstić information content (AvgIpc) is 1.61. The zero-order valence-electron chi connectivity index (χ0n) is 78.8. The minimum absolute atomic E-state index is 0.00953. The third kappa shape index (κ3) is 17.0. The number of pyridine rings is 3. The molecule has 0 saturated carbocycles. The molecule has 8 aromatic heterocycles. The fourth-order valence-corrected chi connectivity index (χ4v) is 21.6. The fourth-order valence-electron chi connectivity index (χ4n) is 21.6. The lowest BCUT2D eigenvalue weighted by molar-refractivity contribution is -0.130. The second-order valence-corrected chi connectivity index (χ2v) is 37.8. The molecule has 32 heteroatoms. The molecule has 702 valence electrons. The Morgan fingerprint density at radius 1 is 0.419 bits per heavy atom. The number of methoxy groups -OCH3 is 1. The van der Waals surface area contributed by atoms with Crippen molar-refractivity contribution in [1.82, 2.24) is 83.0 Å². The molecule has 4 aromatic carbocycles. The number of amides is 4. The molecule has 0 bridgehead atoms. The second-order valence-electron chi connectivity index (χ2n) is 37.8. The molecular formula is C104H116N22O10. The highest BCUT2D eigenvalue weighted by Crippen LogP contribution is 2.48. The summed E-state index contributed by atoms with van der Waals surface area (Å²) in [7, 11) is 5.30. The van der Waals surface area contributed by atoms with E-state index in [-0.39, 0.29) is 41.3 Å². The van der Waals surface area contributed by atoms with Crippen molar-refractivity contribution in [1.29, 1.82) is 5.26 Å². The maximum Gasteiger partial charge on any atom is 0.250 e. The van der Waals surface area contributed by atoms with E-state index in [0.29, 0.717) is 102 Å². The fraction of sp³-hybridized carbons (Fsp3) is 0.433. The third-order valence-corrected chi connectivity index (χ3v) is 29.3. The van der Waals surface area contributed by atoms with E-state index in [2.05, 4.69) is 133 Å².